The van der Waals surface area contributed by atoms with Crippen LogP contribution in [0.25, 0.3) is 0 Å². The van der Waals surface area contributed by atoms with Gasteiger partial charge in [-0.25, -0.2) is 4.99 Å². The number of nitro benzene ring substituents is 1. The minimum atomic E-state index is -0.368. The summed E-state index contributed by atoms with van der Waals surface area (Å²) >= 11 is 0. The van der Waals surface area contributed by atoms with Gasteiger partial charge in [-0.05, 0) is 19.9 Å². The Labute approximate surface area is 171 Å². The molecular weight excluding hydrogens is 449 g/mol. The van der Waals surface area contributed by atoms with Crippen LogP contribution in [0, 0.1) is 10.1 Å². The van der Waals surface area contributed by atoms with E-state index in [0.29, 0.717) is 11.5 Å². The topological polar surface area (TPSA) is 92.0 Å². The second-order valence-corrected chi connectivity index (χ2v) is 5.82. The summed E-state index contributed by atoms with van der Waals surface area (Å²) in [7, 11) is 0. The van der Waals surface area contributed by atoms with Crippen molar-refractivity contribution in [3.63, 3.8) is 0 Å². The molecule has 1 fully saturated rings. The highest BCUT2D eigenvalue weighted by atomic mass is 127. The first kappa shape index (κ1) is 22.6. The summed E-state index contributed by atoms with van der Waals surface area (Å²) in [5, 5.41) is 17.5. The number of benzene rings is 1. The standard InChI is InChI=1S/C17H27N5O3.HI/c1-2-18-17(19-8-5-9-21-10-12-25-13-11-21)20-14-15-6-3-4-7-16(15)22(23)24;/h3-4,6-7H,2,5,8-14H2,1H3,(H2,18,19,20);1H. The molecule has 0 unspecified atom stereocenters. The van der Waals surface area contributed by atoms with Crippen molar-refractivity contribution in [1.82, 2.24) is 15.5 Å². The highest BCUT2D eigenvalue weighted by Crippen LogP contribution is 2.18. The molecule has 1 aliphatic heterocycles. The molecule has 0 amide bonds. The molecule has 2 rings (SSSR count). The quantitative estimate of drug-likeness (QED) is 0.149. The Morgan fingerprint density at radius 1 is 1.31 bits per heavy atom. The zero-order valence-electron chi connectivity index (χ0n) is 15.1. The van der Waals surface area contributed by atoms with Gasteiger partial charge in [0.25, 0.3) is 5.69 Å². The van der Waals surface area contributed by atoms with Crippen molar-refractivity contribution < 1.29 is 9.66 Å². The van der Waals surface area contributed by atoms with Crippen LogP contribution in [0.1, 0.15) is 18.9 Å². The number of morpholine rings is 1. The first-order valence-electron chi connectivity index (χ1n) is 8.75. The molecule has 1 heterocycles. The smallest absolute Gasteiger partial charge is 0.274 e. The number of aliphatic imine (C=N–C) groups is 1. The average molecular weight is 477 g/mol. The van der Waals surface area contributed by atoms with E-state index in [2.05, 4.69) is 20.5 Å². The lowest BCUT2D eigenvalue weighted by Crippen LogP contribution is -2.40. The van der Waals surface area contributed by atoms with Crippen molar-refractivity contribution in [1.29, 1.82) is 0 Å². The zero-order valence-corrected chi connectivity index (χ0v) is 17.5. The average Bonchev–Trinajstić information content (AvgIpc) is 2.64. The number of ether oxygens (including phenoxy) is 1. The first-order chi connectivity index (χ1) is 12.2. The number of rotatable bonds is 8. The van der Waals surface area contributed by atoms with Crippen molar-refractivity contribution >= 4 is 35.6 Å². The third-order valence-electron chi connectivity index (χ3n) is 3.99. The number of nitro groups is 1. The van der Waals surface area contributed by atoms with Gasteiger partial charge in [0.05, 0.1) is 30.2 Å². The lowest BCUT2D eigenvalue weighted by molar-refractivity contribution is -0.385. The number of hydrogen-bond acceptors (Lipinski definition) is 5. The SMILES string of the molecule is CCNC(=NCc1ccccc1[N+](=O)[O-])NCCCN1CCOCC1.I. The minimum absolute atomic E-state index is 0. The van der Waals surface area contributed by atoms with Crippen molar-refractivity contribution in [2.75, 3.05) is 45.9 Å². The Bertz CT molecular complexity index is 579. The van der Waals surface area contributed by atoms with E-state index in [9.17, 15) is 10.1 Å². The molecule has 0 bridgehead atoms. The Morgan fingerprint density at radius 2 is 2.04 bits per heavy atom. The maximum absolute atomic E-state index is 11.1. The Balaban J connectivity index is 0.00000338. The van der Waals surface area contributed by atoms with Gasteiger partial charge in [-0.1, -0.05) is 18.2 Å². The molecule has 1 aliphatic rings. The lowest BCUT2D eigenvalue weighted by atomic mass is 10.2. The van der Waals surface area contributed by atoms with Gasteiger partial charge in [0.2, 0.25) is 0 Å². The highest BCUT2D eigenvalue weighted by Gasteiger charge is 2.12. The van der Waals surface area contributed by atoms with Crippen LogP contribution in [0.2, 0.25) is 0 Å². The van der Waals surface area contributed by atoms with E-state index in [0.717, 1.165) is 52.4 Å². The van der Waals surface area contributed by atoms with E-state index in [1.165, 1.54) is 6.07 Å². The second kappa shape index (κ2) is 12.8. The fourth-order valence-electron chi connectivity index (χ4n) is 2.66. The summed E-state index contributed by atoms with van der Waals surface area (Å²) in [6, 6.07) is 6.71. The second-order valence-electron chi connectivity index (χ2n) is 5.82. The van der Waals surface area contributed by atoms with Crippen LogP contribution in [0.15, 0.2) is 29.3 Å². The van der Waals surface area contributed by atoms with Crippen molar-refractivity contribution in [2.24, 2.45) is 4.99 Å². The van der Waals surface area contributed by atoms with Crippen LogP contribution in [-0.2, 0) is 11.3 Å². The summed E-state index contributed by atoms with van der Waals surface area (Å²) in [5.74, 6) is 0.683. The van der Waals surface area contributed by atoms with E-state index in [-0.39, 0.29) is 41.1 Å². The first-order valence-corrected chi connectivity index (χ1v) is 8.75. The fraction of sp³-hybridized carbons (Fsp3) is 0.588. The van der Waals surface area contributed by atoms with Gasteiger partial charge in [0.15, 0.2) is 5.96 Å². The van der Waals surface area contributed by atoms with E-state index in [1.807, 2.05) is 6.92 Å². The van der Waals surface area contributed by atoms with Gasteiger partial charge in [0, 0.05) is 32.2 Å². The molecule has 0 aromatic heterocycles. The maximum Gasteiger partial charge on any atom is 0.274 e. The van der Waals surface area contributed by atoms with Crippen LogP contribution in [0.5, 0.6) is 0 Å². The predicted octanol–water partition coefficient (Wildman–Crippen LogP) is 1.99. The van der Waals surface area contributed by atoms with Crippen LogP contribution >= 0.6 is 24.0 Å². The highest BCUT2D eigenvalue weighted by molar-refractivity contribution is 14.0. The molecule has 1 aromatic rings. The molecule has 8 nitrogen and oxygen atoms in total. The molecule has 9 heteroatoms. The van der Waals surface area contributed by atoms with Gasteiger partial charge in [-0.3, -0.25) is 15.0 Å². The van der Waals surface area contributed by atoms with Gasteiger partial charge in [-0.15, -0.1) is 24.0 Å². The Kier molecular flexibility index (Phi) is 11.1. The Morgan fingerprint density at radius 3 is 2.73 bits per heavy atom. The maximum atomic E-state index is 11.1. The van der Waals surface area contributed by atoms with E-state index >= 15 is 0 Å². The molecule has 146 valence electrons. The minimum Gasteiger partial charge on any atom is -0.379 e. The summed E-state index contributed by atoms with van der Waals surface area (Å²) in [6.07, 6.45) is 1.01. The van der Waals surface area contributed by atoms with Crippen molar-refractivity contribution in [3.8, 4) is 0 Å². The molecule has 1 saturated heterocycles. The monoisotopic (exact) mass is 477 g/mol. The molecule has 2 N–H and O–H groups in total. The molecule has 0 aliphatic carbocycles. The molecule has 0 spiro atoms. The van der Waals surface area contributed by atoms with Gasteiger partial charge in [0.1, 0.15) is 0 Å². The number of para-hydroxylation sites is 1. The Hall–Kier alpha value is -1.46. The summed E-state index contributed by atoms with van der Waals surface area (Å²) in [5.41, 5.74) is 0.715. The van der Waals surface area contributed by atoms with Crippen LogP contribution < -0.4 is 10.6 Å². The van der Waals surface area contributed by atoms with E-state index < -0.39 is 0 Å². The fourth-order valence-corrected chi connectivity index (χ4v) is 2.66. The normalized spacial score (nSPS) is 15.2. The van der Waals surface area contributed by atoms with Crippen LogP contribution in [-0.4, -0.2) is 61.7 Å². The summed E-state index contributed by atoms with van der Waals surface area (Å²) in [4.78, 5) is 17.6. The lowest BCUT2D eigenvalue weighted by Gasteiger charge is -2.26. The number of halogens is 1. The number of nitrogens with one attached hydrogen (secondary N) is 2. The molecule has 0 saturated carbocycles. The third-order valence-corrected chi connectivity index (χ3v) is 3.99. The molecule has 1 aromatic carbocycles. The summed E-state index contributed by atoms with van der Waals surface area (Å²) in [6.45, 7) is 8.45. The molecule has 26 heavy (non-hydrogen) atoms. The number of guanidine groups is 1. The van der Waals surface area contributed by atoms with Gasteiger partial charge in [-0.2, -0.15) is 0 Å². The predicted molar refractivity (Wildman–Crippen MR) is 113 cm³/mol. The van der Waals surface area contributed by atoms with E-state index in [4.69, 9.17) is 4.74 Å². The number of hydrogen-bond donors (Lipinski definition) is 2. The number of nitrogens with zero attached hydrogens (tertiary/aromatic N) is 3. The third kappa shape index (κ3) is 7.83. The zero-order chi connectivity index (χ0) is 17.9. The summed E-state index contributed by atoms with van der Waals surface area (Å²) < 4.78 is 5.34. The van der Waals surface area contributed by atoms with Crippen molar-refractivity contribution in [2.45, 2.75) is 19.9 Å². The molecule has 0 radical (unpaired) electrons. The van der Waals surface area contributed by atoms with Crippen molar-refractivity contribution in [3.05, 3.63) is 39.9 Å². The molecule has 0 atom stereocenters. The van der Waals surface area contributed by atoms with Gasteiger partial charge >= 0.3 is 0 Å². The van der Waals surface area contributed by atoms with Crippen LogP contribution in [0.3, 0.4) is 0 Å². The largest absolute Gasteiger partial charge is 0.379 e. The van der Waals surface area contributed by atoms with E-state index in [1.54, 1.807) is 18.2 Å². The van der Waals surface area contributed by atoms with Gasteiger partial charge < -0.3 is 15.4 Å². The van der Waals surface area contributed by atoms with Crippen LogP contribution in [0.4, 0.5) is 5.69 Å². The molecular formula is C17H28IN5O3.